The molecule has 0 saturated carbocycles. The van der Waals surface area contributed by atoms with E-state index in [1.807, 2.05) is 0 Å². The Balaban J connectivity index is 4.44. The fourth-order valence-electron chi connectivity index (χ4n) is 0.637. The first-order valence-electron chi connectivity index (χ1n) is 5.85. The average molecular weight is 286 g/mol. The lowest BCUT2D eigenvalue weighted by Crippen LogP contribution is -1.89. The monoisotopic (exact) mass is 286 g/mol. The van der Waals surface area contributed by atoms with Crippen LogP contribution in [0.1, 0.15) is 6.92 Å². The molecule has 0 aromatic carbocycles. The number of rotatable bonds is 1. The summed E-state index contributed by atoms with van der Waals surface area (Å²) in [5, 5.41) is 0. The normalized spacial score (nSPS) is 4.87. The van der Waals surface area contributed by atoms with Gasteiger partial charge >= 0.3 is 0 Å². The van der Waals surface area contributed by atoms with E-state index >= 15 is 0 Å². The van der Waals surface area contributed by atoms with Crippen molar-refractivity contribution in [3.63, 3.8) is 0 Å². The second-order valence-corrected chi connectivity index (χ2v) is 3.18. The third kappa shape index (κ3) is 13.7. The topological polar surface area (TPSA) is 17.1 Å². The molecule has 0 aromatic rings. The van der Waals surface area contributed by atoms with Crippen molar-refractivity contribution in [2.45, 2.75) is 6.92 Å². The molecule has 0 amide bonds. The maximum absolute atomic E-state index is 10.8. The summed E-state index contributed by atoms with van der Waals surface area (Å²) in [6, 6.07) is 0. The Bertz CT molecular complexity index is 1040. The van der Waals surface area contributed by atoms with Gasteiger partial charge in [-0.2, -0.15) is 0 Å². The highest BCUT2D eigenvalue weighted by atomic mass is 16.1. The lowest BCUT2D eigenvalue weighted by molar-refractivity contribution is -0.113. The molecule has 0 heterocycles. The molecule has 0 rings (SSSR count). The van der Waals surface area contributed by atoms with Crippen LogP contribution in [0.25, 0.3) is 0 Å². The number of hydrogen-bond acceptors (Lipinski definition) is 1. The first-order chi connectivity index (χ1) is 11.2. The summed E-state index contributed by atoms with van der Waals surface area (Å²) in [4.78, 5) is 10.8. The Morgan fingerprint density at radius 1 is 0.652 bits per heavy atom. The fourth-order valence-corrected chi connectivity index (χ4v) is 0.637. The average Bonchev–Trinajstić information content (AvgIpc) is 2.54. The van der Waals surface area contributed by atoms with Crippen molar-refractivity contribution in [1.29, 1.82) is 0 Å². The van der Waals surface area contributed by atoms with Crippen LogP contribution in [0.15, 0.2) is 12.2 Å². The number of ketones is 1. The first-order valence-corrected chi connectivity index (χ1v) is 5.85. The minimum Gasteiger partial charge on any atom is -0.294 e. The van der Waals surface area contributed by atoms with Crippen LogP contribution < -0.4 is 0 Å². The third-order valence-electron chi connectivity index (χ3n) is 1.59. The predicted molar refractivity (Wildman–Crippen MR) is 90.9 cm³/mol. The summed E-state index contributed by atoms with van der Waals surface area (Å²) in [5.74, 6) is 41.1. The van der Waals surface area contributed by atoms with E-state index in [0.29, 0.717) is 0 Å². The van der Waals surface area contributed by atoms with Crippen molar-refractivity contribution in [3.8, 4) is 107 Å². The van der Waals surface area contributed by atoms with Crippen LogP contribution in [0.4, 0.5) is 0 Å². The molecular formula is C22H6O. The third-order valence-corrected chi connectivity index (χ3v) is 1.59. The van der Waals surface area contributed by atoms with Crippen LogP contribution in [0.5, 0.6) is 0 Å². The highest BCUT2D eigenvalue weighted by molar-refractivity contribution is 5.97. The standard InChI is InChI=1S/C22H6O/c1-4-5-6-7-8-9-10-11-12-13-14-15-16-17-18-19-20-21(2)22(3)23/h1H,2H2,3H3. The van der Waals surface area contributed by atoms with Gasteiger partial charge in [0.2, 0.25) is 0 Å². The zero-order valence-electron chi connectivity index (χ0n) is 12.2. The summed E-state index contributed by atoms with van der Waals surface area (Å²) in [6.07, 6.45) is 4.90. The van der Waals surface area contributed by atoms with E-state index in [9.17, 15) is 4.79 Å². The van der Waals surface area contributed by atoms with Crippen molar-refractivity contribution in [2.75, 3.05) is 0 Å². The molecule has 23 heavy (non-hydrogen) atoms. The Hall–Kier alpha value is -4.55. The lowest BCUT2D eigenvalue weighted by Gasteiger charge is -1.81. The largest absolute Gasteiger partial charge is 0.294 e. The van der Waals surface area contributed by atoms with E-state index in [1.165, 1.54) is 6.92 Å². The zero-order chi connectivity index (χ0) is 17.2. The number of carbonyl (C=O) groups excluding carboxylic acids is 1. The van der Waals surface area contributed by atoms with Gasteiger partial charge < -0.3 is 0 Å². The van der Waals surface area contributed by atoms with Crippen molar-refractivity contribution in [2.24, 2.45) is 0 Å². The SMILES string of the molecule is C#CC#CC#CC#CC#CC#CC#CC#CC#CC(=C)C(C)=O. The molecule has 1 nitrogen and oxygen atoms in total. The van der Waals surface area contributed by atoms with E-state index in [2.05, 4.69) is 107 Å². The number of Topliss-reactive ketones (excluding diaryl/α,β-unsaturated/α-hetero) is 1. The highest BCUT2D eigenvalue weighted by Gasteiger charge is 1.91. The lowest BCUT2D eigenvalue weighted by atomic mass is 10.2. The van der Waals surface area contributed by atoms with Gasteiger partial charge in [0.1, 0.15) is 0 Å². The predicted octanol–water partition coefficient (Wildman–Crippen LogP) is 0.792. The smallest absolute Gasteiger partial charge is 0.167 e. The van der Waals surface area contributed by atoms with Gasteiger partial charge in [0.05, 0.1) is 5.57 Å². The molecule has 0 atom stereocenters. The summed E-state index contributed by atoms with van der Waals surface area (Å²) in [6.45, 7) is 4.84. The molecule has 0 bridgehead atoms. The van der Waals surface area contributed by atoms with Crippen molar-refractivity contribution in [3.05, 3.63) is 12.2 Å². The molecular weight excluding hydrogens is 280 g/mol. The van der Waals surface area contributed by atoms with Gasteiger partial charge in [0, 0.05) is 0 Å². The molecule has 0 radical (unpaired) electrons. The van der Waals surface area contributed by atoms with Gasteiger partial charge in [-0.3, -0.25) is 4.79 Å². The number of carbonyl (C=O) groups is 1. The molecule has 0 spiro atoms. The molecule has 0 fully saturated rings. The molecule has 0 aromatic heterocycles. The van der Waals surface area contributed by atoms with Crippen molar-refractivity contribution in [1.82, 2.24) is 0 Å². The maximum Gasteiger partial charge on any atom is 0.167 e. The van der Waals surface area contributed by atoms with Crippen LogP contribution in [0.2, 0.25) is 0 Å². The van der Waals surface area contributed by atoms with Gasteiger partial charge in [-0.1, -0.05) is 6.58 Å². The van der Waals surface area contributed by atoms with E-state index in [1.54, 1.807) is 0 Å². The Morgan fingerprint density at radius 2 is 0.957 bits per heavy atom. The second kappa shape index (κ2) is 13.9. The summed E-state index contributed by atoms with van der Waals surface area (Å²) < 4.78 is 0. The maximum atomic E-state index is 10.8. The fraction of sp³-hybridized carbons (Fsp3) is 0.0455. The minimum atomic E-state index is -0.190. The highest BCUT2D eigenvalue weighted by Crippen LogP contribution is 1.86. The molecule has 0 N–H and O–H groups in total. The van der Waals surface area contributed by atoms with E-state index in [-0.39, 0.29) is 11.4 Å². The Morgan fingerprint density at radius 3 is 1.26 bits per heavy atom. The van der Waals surface area contributed by atoms with Crippen LogP contribution in [-0.4, -0.2) is 5.78 Å². The van der Waals surface area contributed by atoms with E-state index < -0.39 is 0 Å². The molecule has 0 aliphatic heterocycles. The van der Waals surface area contributed by atoms with Crippen LogP contribution in [-0.2, 0) is 4.79 Å². The number of hydrogen-bond donors (Lipinski definition) is 0. The molecule has 100 valence electrons. The van der Waals surface area contributed by atoms with Gasteiger partial charge in [-0.05, 0) is 108 Å². The van der Waals surface area contributed by atoms with Crippen LogP contribution in [0, 0.1) is 107 Å². The molecule has 1 heteroatoms. The van der Waals surface area contributed by atoms with Crippen molar-refractivity contribution >= 4 is 5.78 Å². The van der Waals surface area contributed by atoms with Gasteiger partial charge in [0.15, 0.2) is 5.78 Å². The molecule has 0 aliphatic rings. The number of terminal acetylenes is 1. The number of allylic oxidation sites excluding steroid dienone is 1. The van der Waals surface area contributed by atoms with E-state index in [4.69, 9.17) is 6.42 Å². The van der Waals surface area contributed by atoms with Crippen molar-refractivity contribution < 1.29 is 4.79 Å². The summed E-state index contributed by atoms with van der Waals surface area (Å²) in [7, 11) is 0. The second-order valence-electron chi connectivity index (χ2n) is 3.18. The Labute approximate surface area is 137 Å². The molecule has 0 saturated heterocycles. The summed E-state index contributed by atoms with van der Waals surface area (Å²) >= 11 is 0. The molecule has 0 unspecified atom stereocenters. The van der Waals surface area contributed by atoms with Gasteiger partial charge in [-0.15, -0.1) is 6.42 Å². The Kier molecular flexibility index (Phi) is 11.1. The zero-order valence-corrected chi connectivity index (χ0v) is 12.2. The van der Waals surface area contributed by atoms with E-state index in [0.717, 1.165) is 0 Å². The summed E-state index contributed by atoms with van der Waals surface area (Å²) in [5.41, 5.74) is 0.205. The van der Waals surface area contributed by atoms with Gasteiger partial charge in [0.25, 0.3) is 0 Å². The minimum absolute atomic E-state index is 0.190. The first kappa shape index (κ1) is 18.4. The molecule has 0 aliphatic carbocycles. The van der Waals surface area contributed by atoms with Crippen LogP contribution in [0.3, 0.4) is 0 Å². The quantitative estimate of drug-likeness (QED) is 0.514. The van der Waals surface area contributed by atoms with Gasteiger partial charge in [-0.25, -0.2) is 0 Å². The van der Waals surface area contributed by atoms with Crippen LogP contribution >= 0.6 is 0 Å².